The van der Waals surface area contributed by atoms with E-state index >= 15 is 0 Å². The van der Waals surface area contributed by atoms with Crippen LogP contribution in [-0.2, 0) is 33.9 Å². The summed E-state index contributed by atoms with van der Waals surface area (Å²) in [4.78, 5) is 49.3. The van der Waals surface area contributed by atoms with E-state index in [9.17, 15) is 27.6 Å². The van der Waals surface area contributed by atoms with Crippen molar-refractivity contribution in [2.24, 2.45) is 5.92 Å². The van der Waals surface area contributed by atoms with Crippen molar-refractivity contribution in [3.63, 3.8) is 0 Å². The highest BCUT2D eigenvalue weighted by Crippen LogP contribution is 2.27. The molecule has 2 rings (SSSR count). The highest BCUT2D eigenvalue weighted by atomic mass is 32.2. The van der Waals surface area contributed by atoms with Crippen LogP contribution in [-0.4, -0.2) is 84.9 Å². The van der Waals surface area contributed by atoms with Crippen LogP contribution in [0, 0.1) is 5.92 Å². The minimum atomic E-state index is -4.21. The van der Waals surface area contributed by atoms with Gasteiger partial charge in [0, 0.05) is 25.9 Å². The fourth-order valence-electron chi connectivity index (χ4n) is 3.94. The van der Waals surface area contributed by atoms with Crippen molar-refractivity contribution in [2.45, 2.75) is 57.4 Å². The van der Waals surface area contributed by atoms with Crippen LogP contribution in [0.5, 0.6) is 0 Å². The zero-order chi connectivity index (χ0) is 22.1. The van der Waals surface area contributed by atoms with Crippen LogP contribution in [0.3, 0.4) is 0 Å². The molecular weight excluding hydrogens is 416 g/mol. The van der Waals surface area contributed by atoms with Crippen LogP contribution in [0.4, 0.5) is 0 Å². The molecule has 0 radical (unpaired) electrons. The molecule has 30 heavy (non-hydrogen) atoms. The number of ether oxygens (including phenoxy) is 1. The van der Waals surface area contributed by atoms with Crippen LogP contribution in [0.1, 0.15) is 51.4 Å². The lowest BCUT2D eigenvalue weighted by atomic mass is 9.91. The molecule has 0 aromatic carbocycles. The molecule has 2 aliphatic rings. The summed E-state index contributed by atoms with van der Waals surface area (Å²) >= 11 is 0. The van der Waals surface area contributed by atoms with E-state index in [0.717, 1.165) is 19.3 Å². The highest BCUT2D eigenvalue weighted by Gasteiger charge is 2.37. The molecule has 1 aliphatic heterocycles. The van der Waals surface area contributed by atoms with Gasteiger partial charge in [0.1, 0.15) is 12.3 Å². The van der Waals surface area contributed by atoms with Gasteiger partial charge in [0.05, 0.1) is 25.4 Å². The predicted octanol–water partition coefficient (Wildman–Crippen LogP) is 0.406. The Kier molecular flexibility index (Phi) is 9.22. The number of hydrogen-bond donors (Lipinski definition) is 1. The maximum Gasteiger partial charge on any atom is 0.305 e. The van der Waals surface area contributed by atoms with Crippen molar-refractivity contribution in [1.82, 2.24) is 9.21 Å². The molecule has 0 spiro atoms. The van der Waals surface area contributed by atoms with Gasteiger partial charge in [-0.15, -0.1) is 0 Å². The second-order valence-corrected chi connectivity index (χ2v) is 9.66. The number of hydrogen-bond acceptors (Lipinski definition) is 7. The number of sulfonamides is 1. The van der Waals surface area contributed by atoms with Crippen molar-refractivity contribution < 1.29 is 37.4 Å². The van der Waals surface area contributed by atoms with Crippen LogP contribution in [0.15, 0.2) is 0 Å². The molecule has 1 aliphatic carbocycles. The van der Waals surface area contributed by atoms with E-state index in [-0.39, 0.29) is 30.3 Å². The van der Waals surface area contributed by atoms with Gasteiger partial charge < -0.3 is 19.5 Å². The average Bonchev–Trinajstić information content (AvgIpc) is 2.72. The van der Waals surface area contributed by atoms with Gasteiger partial charge >= 0.3 is 5.97 Å². The van der Waals surface area contributed by atoms with E-state index in [1.807, 2.05) is 0 Å². The summed E-state index contributed by atoms with van der Waals surface area (Å²) < 4.78 is 31.6. The molecule has 11 heteroatoms. The van der Waals surface area contributed by atoms with E-state index in [1.54, 1.807) is 0 Å². The zero-order valence-electron chi connectivity index (χ0n) is 17.0. The standard InChI is InChI=1S/C19H30N2O8S/c22-13-16(12-19(25)26)21(30(27,28)14-15-4-2-1-3-5-15)18(24)7-6-17(23)20-8-10-29-11-9-20/h13,15-16H,1-12,14H2,(H,25,26)/t16-/m0/s1. The van der Waals surface area contributed by atoms with E-state index in [1.165, 1.54) is 4.90 Å². The van der Waals surface area contributed by atoms with E-state index in [4.69, 9.17) is 9.84 Å². The number of carboxylic acids is 1. The van der Waals surface area contributed by atoms with Crippen LogP contribution >= 0.6 is 0 Å². The summed E-state index contributed by atoms with van der Waals surface area (Å²) in [6.45, 7) is 1.58. The monoisotopic (exact) mass is 446 g/mol. The third kappa shape index (κ3) is 7.05. The summed E-state index contributed by atoms with van der Waals surface area (Å²) in [6.07, 6.45) is 2.98. The summed E-state index contributed by atoms with van der Waals surface area (Å²) in [6, 6.07) is -1.62. The van der Waals surface area contributed by atoms with Gasteiger partial charge in [0.25, 0.3) is 0 Å². The lowest BCUT2D eigenvalue weighted by Crippen LogP contribution is -2.49. The van der Waals surface area contributed by atoms with Gasteiger partial charge in [-0.3, -0.25) is 14.4 Å². The van der Waals surface area contributed by atoms with Gasteiger partial charge in [0.15, 0.2) is 0 Å². The number of nitrogens with zero attached hydrogens (tertiary/aromatic N) is 2. The summed E-state index contributed by atoms with van der Waals surface area (Å²) in [5.74, 6) is -3.06. The molecular formula is C19H30N2O8S. The number of aldehydes is 1. The summed E-state index contributed by atoms with van der Waals surface area (Å²) in [5, 5.41) is 9.06. The van der Waals surface area contributed by atoms with Crippen molar-refractivity contribution in [3.05, 3.63) is 0 Å². The van der Waals surface area contributed by atoms with Crippen molar-refractivity contribution in [3.8, 4) is 0 Å². The fourth-order valence-corrected chi connectivity index (χ4v) is 5.97. The van der Waals surface area contributed by atoms with Crippen LogP contribution in [0.25, 0.3) is 0 Å². The third-order valence-corrected chi connectivity index (χ3v) is 7.44. The van der Waals surface area contributed by atoms with Crippen LogP contribution in [0.2, 0.25) is 0 Å². The zero-order valence-corrected chi connectivity index (χ0v) is 17.8. The molecule has 10 nitrogen and oxygen atoms in total. The Bertz CT molecular complexity index is 727. The Balaban J connectivity index is 2.12. The molecule has 1 saturated carbocycles. The van der Waals surface area contributed by atoms with Gasteiger partial charge in [0.2, 0.25) is 21.8 Å². The van der Waals surface area contributed by atoms with Crippen LogP contribution < -0.4 is 0 Å². The first-order chi connectivity index (χ1) is 14.2. The van der Waals surface area contributed by atoms with Gasteiger partial charge in [-0.2, -0.15) is 0 Å². The van der Waals surface area contributed by atoms with E-state index < -0.39 is 40.8 Å². The number of aliphatic carboxylic acids is 1. The second kappa shape index (κ2) is 11.4. The first-order valence-electron chi connectivity index (χ1n) is 10.3. The molecule has 1 heterocycles. The Hall–Kier alpha value is -2.01. The minimum absolute atomic E-state index is 0.133. The smallest absolute Gasteiger partial charge is 0.305 e. The van der Waals surface area contributed by atoms with Crippen molar-refractivity contribution >= 4 is 34.1 Å². The van der Waals surface area contributed by atoms with E-state index in [0.29, 0.717) is 43.5 Å². The highest BCUT2D eigenvalue weighted by molar-refractivity contribution is 7.89. The molecule has 2 amide bonds. The normalized spacial score (nSPS) is 19.1. The first kappa shape index (κ1) is 24.3. The Morgan fingerprint density at radius 3 is 2.30 bits per heavy atom. The van der Waals surface area contributed by atoms with Crippen molar-refractivity contribution in [1.29, 1.82) is 0 Å². The first-order valence-corrected chi connectivity index (χ1v) is 11.9. The van der Waals surface area contributed by atoms with Gasteiger partial charge in [-0.25, -0.2) is 12.7 Å². The maximum absolute atomic E-state index is 13.0. The van der Waals surface area contributed by atoms with Gasteiger partial charge in [-0.1, -0.05) is 19.3 Å². The molecule has 1 atom stereocenters. The number of amides is 2. The molecule has 1 N–H and O–H groups in total. The number of morpholine rings is 1. The van der Waals surface area contributed by atoms with Gasteiger partial charge in [-0.05, 0) is 18.8 Å². The number of carbonyl (C=O) groups is 4. The predicted molar refractivity (Wildman–Crippen MR) is 106 cm³/mol. The molecule has 0 unspecified atom stereocenters. The lowest BCUT2D eigenvalue weighted by molar-refractivity contribution is -0.142. The fraction of sp³-hybridized carbons (Fsp3) is 0.789. The number of carboxylic acid groups (broad SMARTS) is 1. The largest absolute Gasteiger partial charge is 0.481 e. The summed E-state index contributed by atoms with van der Waals surface area (Å²) in [5.41, 5.74) is 0. The molecule has 1 saturated heterocycles. The Labute approximate surface area is 176 Å². The molecule has 0 aromatic rings. The van der Waals surface area contributed by atoms with Crippen molar-refractivity contribution in [2.75, 3.05) is 32.1 Å². The Morgan fingerprint density at radius 2 is 1.73 bits per heavy atom. The SMILES string of the molecule is O=C[C@H](CC(=O)O)N(C(=O)CCC(=O)N1CCOCC1)S(=O)(=O)CC1CCCCC1. The number of carbonyl (C=O) groups excluding carboxylic acids is 3. The quantitative estimate of drug-likeness (QED) is 0.476. The number of rotatable bonds is 10. The molecule has 170 valence electrons. The molecule has 0 aromatic heterocycles. The minimum Gasteiger partial charge on any atom is -0.481 e. The molecule has 2 fully saturated rings. The Morgan fingerprint density at radius 1 is 1.10 bits per heavy atom. The summed E-state index contributed by atoms with van der Waals surface area (Å²) in [7, 11) is -4.21. The maximum atomic E-state index is 13.0. The van der Waals surface area contributed by atoms with E-state index in [2.05, 4.69) is 0 Å². The lowest BCUT2D eigenvalue weighted by Gasteiger charge is -2.30. The topological polar surface area (TPSA) is 138 Å². The average molecular weight is 447 g/mol. The second-order valence-electron chi connectivity index (χ2n) is 7.77. The third-order valence-electron chi connectivity index (χ3n) is 5.48. The molecule has 0 bridgehead atoms.